The van der Waals surface area contributed by atoms with E-state index < -0.39 is 0 Å². The molecular weight excluding hydrogens is 170 g/mol. The van der Waals surface area contributed by atoms with Crippen molar-refractivity contribution in [3.05, 3.63) is 0 Å². The molecule has 4 nitrogen and oxygen atoms in total. The number of rotatable bonds is 3. The summed E-state index contributed by atoms with van der Waals surface area (Å²) in [7, 11) is 1.40. The number of carbonyl (C=O) groups excluding carboxylic acids is 1. The summed E-state index contributed by atoms with van der Waals surface area (Å²) in [5.74, 6) is 0.262. The molecule has 0 radical (unpaired) electrons. The summed E-state index contributed by atoms with van der Waals surface area (Å²) >= 11 is 0. The molecule has 0 aromatic heterocycles. The van der Waals surface area contributed by atoms with Gasteiger partial charge < -0.3 is 15.2 Å². The van der Waals surface area contributed by atoms with Crippen LogP contribution >= 0.6 is 0 Å². The van der Waals surface area contributed by atoms with Crippen molar-refractivity contribution in [2.24, 2.45) is 5.92 Å². The predicted molar refractivity (Wildman–Crippen MR) is 48.2 cm³/mol. The van der Waals surface area contributed by atoms with E-state index in [1.54, 1.807) is 0 Å². The van der Waals surface area contributed by atoms with Crippen LogP contribution in [0.1, 0.15) is 19.3 Å². The number of carbonyl (C=O) groups is 1. The van der Waals surface area contributed by atoms with Crippen molar-refractivity contribution in [1.29, 1.82) is 0 Å². The van der Waals surface area contributed by atoms with Gasteiger partial charge in [-0.25, -0.2) is 0 Å². The first kappa shape index (κ1) is 10.5. The zero-order chi connectivity index (χ0) is 9.68. The van der Waals surface area contributed by atoms with Gasteiger partial charge in [-0.1, -0.05) is 0 Å². The largest absolute Gasteiger partial charge is 0.468 e. The fourth-order valence-corrected chi connectivity index (χ4v) is 1.76. The minimum Gasteiger partial charge on any atom is -0.468 e. The Bertz CT molecular complexity index is 170. The first-order valence-electron chi connectivity index (χ1n) is 4.70. The molecule has 13 heavy (non-hydrogen) atoms. The molecule has 76 valence electrons. The summed E-state index contributed by atoms with van der Waals surface area (Å²) in [6, 6.07) is -0.171. The van der Waals surface area contributed by atoms with Gasteiger partial charge in [-0.05, 0) is 31.7 Å². The van der Waals surface area contributed by atoms with Crippen LogP contribution in [0.3, 0.4) is 0 Å². The minimum atomic E-state index is -0.192. The molecule has 0 bridgehead atoms. The highest BCUT2D eigenvalue weighted by molar-refractivity contribution is 5.75. The van der Waals surface area contributed by atoms with E-state index in [-0.39, 0.29) is 18.6 Å². The topological polar surface area (TPSA) is 58.6 Å². The molecule has 0 spiro atoms. The van der Waals surface area contributed by atoms with Crippen molar-refractivity contribution < 1.29 is 14.6 Å². The average molecular weight is 187 g/mol. The monoisotopic (exact) mass is 187 g/mol. The second-order valence-electron chi connectivity index (χ2n) is 3.43. The number of methoxy groups -OCH3 is 1. The van der Waals surface area contributed by atoms with Crippen LogP contribution in [-0.2, 0) is 9.53 Å². The first-order valence-corrected chi connectivity index (χ1v) is 4.70. The van der Waals surface area contributed by atoms with Gasteiger partial charge in [-0.3, -0.25) is 4.79 Å². The van der Waals surface area contributed by atoms with Crippen LogP contribution in [0.25, 0.3) is 0 Å². The van der Waals surface area contributed by atoms with Gasteiger partial charge in [0.2, 0.25) is 0 Å². The number of hydrogen-bond donors (Lipinski definition) is 2. The lowest BCUT2D eigenvalue weighted by molar-refractivity contribution is -0.144. The maximum Gasteiger partial charge on any atom is 0.322 e. The molecule has 0 saturated carbocycles. The smallest absolute Gasteiger partial charge is 0.322 e. The first-order chi connectivity index (χ1) is 6.27. The molecule has 0 aromatic rings. The van der Waals surface area contributed by atoms with Crippen LogP contribution in [-0.4, -0.2) is 37.4 Å². The Labute approximate surface area is 78.3 Å². The van der Waals surface area contributed by atoms with Gasteiger partial charge in [-0.2, -0.15) is 0 Å². The van der Waals surface area contributed by atoms with Crippen LogP contribution < -0.4 is 5.32 Å². The molecular formula is C9H17NO3. The molecule has 0 aliphatic carbocycles. The molecule has 0 aromatic carbocycles. The fourth-order valence-electron chi connectivity index (χ4n) is 1.76. The Morgan fingerprint density at radius 3 is 3.08 bits per heavy atom. The van der Waals surface area contributed by atoms with Crippen LogP contribution in [0.15, 0.2) is 0 Å². The highest BCUT2D eigenvalue weighted by atomic mass is 16.5. The molecule has 1 aliphatic heterocycles. The number of aliphatic hydroxyl groups excluding tert-OH is 1. The third kappa shape index (κ3) is 2.97. The van der Waals surface area contributed by atoms with Gasteiger partial charge in [0.25, 0.3) is 0 Å². The molecule has 0 amide bonds. The maximum atomic E-state index is 11.2. The van der Waals surface area contributed by atoms with Gasteiger partial charge in [0, 0.05) is 6.61 Å². The third-order valence-corrected chi connectivity index (χ3v) is 2.54. The van der Waals surface area contributed by atoms with Gasteiger partial charge in [0.05, 0.1) is 7.11 Å². The van der Waals surface area contributed by atoms with E-state index in [0.717, 1.165) is 25.8 Å². The lowest BCUT2D eigenvalue weighted by Gasteiger charge is -2.28. The van der Waals surface area contributed by atoms with Crippen molar-refractivity contribution >= 4 is 5.97 Å². The Kier molecular flexibility index (Phi) is 4.18. The third-order valence-electron chi connectivity index (χ3n) is 2.54. The van der Waals surface area contributed by atoms with Crippen molar-refractivity contribution in [3.63, 3.8) is 0 Å². The SMILES string of the molecule is COC(=O)[C@H]1C[C@@H](CCO)CCN1. The van der Waals surface area contributed by atoms with E-state index in [1.807, 2.05) is 0 Å². The molecule has 1 heterocycles. The van der Waals surface area contributed by atoms with E-state index in [2.05, 4.69) is 10.1 Å². The number of hydrogen-bond acceptors (Lipinski definition) is 4. The molecule has 1 saturated heterocycles. The summed E-state index contributed by atoms with van der Waals surface area (Å²) in [6.07, 6.45) is 2.61. The van der Waals surface area contributed by atoms with E-state index in [4.69, 9.17) is 5.11 Å². The van der Waals surface area contributed by atoms with Crippen molar-refractivity contribution in [3.8, 4) is 0 Å². The Morgan fingerprint density at radius 2 is 2.46 bits per heavy atom. The molecule has 1 rings (SSSR count). The lowest BCUT2D eigenvalue weighted by atomic mass is 9.90. The number of nitrogens with one attached hydrogen (secondary N) is 1. The number of piperidine rings is 1. The Hall–Kier alpha value is -0.610. The van der Waals surface area contributed by atoms with Crippen molar-refractivity contribution in [1.82, 2.24) is 5.32 Å². The van der Waals surface area contributed by atoms with Gasteiger partial charge >= 0.3 is 5.97 Å². The molecule has 0 unspecified atom stereocenters. The zero-order valence-corrected chi connectivity index (χ0v) is 7.95. The van der Waals surface area contributed by atoms with Crippen LogP contribution in [0.4, 0.5) is 0 Å². The Morgan fingerprint density at radius 1 is 1.69 bits per heavy atom. The zero-order valence-electron chi connectivity index (χ0n) is 7.95. The summed E-state index contributed by atoms with van der Waals surface area (Å²) in [4.78, 5) is 11.2. The van der Waals surface area contributed by atoms with Crippen LogP contribution in [0.2, 0.25) is 0 Å². The summed E-state index contributed by atoms with van der Waals surface area (Å²) in [5.41, 5.74) is 0. The highest BCUT2D eigenvalue weighted by Gasteiger charge is 2.26. The molecule has 2 atom stereocenters. The maximum absolute atomic E-state index is 11.2. The van der Waals surface area contributed by atoms with Crippen LogP contribution in [0, 0.1) is 5.92 Å². The molecule has 1 fully saturated rings. The van der Waals surface area contributed by atoms with E-state index in [1.165, 1.54) is 7.11 Å². The van der Waals surface area contributed by atoms with Crippen molar-refractivity contribution in [2.75, 3.05) is 20.3 Å². The average Bonchev–Trinajstić information content (AvgIpc) is 2.18. The van der Waals surface area contributed by atoms with E-state index >= 15 is 0 Å². The second kappa shape index (κ2) is 5.19. The quantitative estimate of drug-likeness (QED) is 0.606. The second-order valence-corrected chi connectivity index (χ2v) is 3.43. The standard InChI is InChI=1S/C9H17NO3/c1-13-9(12)8-6-7(3-5-11)2-4-10-8/h7-8,10-11H,2-6H2,1H3/t7-,8-/m1/s1. The number of ether oxygens (including phenoxy) is 1. The summed E-state index contributed by atoms with van der Waals surface area (Å²) in [6.45, 7) is 1.04. The molecule has 4 heteroatoms. The normalized spacial score (nSPS) is 28.5. The van der Waals surface area contributed by atoms with Gasteiger partial charge in [0.15, 0.2) is 0 Å². The Balaban J connectivity index is 2.37. The summed E-state index contributed by atoms with van der Waals surface area (Å²) < 4.78 is 4.65. The number of aliphatic hydroxyl groups is 1. The highest BCUT2D eigenvalue weighted by Crippen LogP contribution is 2.19. The fraction of sp³-hybridized carbons (Fsp3) is 0.889. The van der Waals surface area contributed by atoms with Crippen molar-refractivity contribution in [2.45, 2.75) is 25.3 Å². The number of esters is 1. The molecule has 2 N–H and O–H groups in total. The summed E-state index contributed by atoms with van der Waals surface area (Å²) in [5, 5.41) is 11.9. The van der Waals surface area contributed by atoms with Crippen LogP contribution in [0.5, 0.6) is 0 Å². The van der Waals surface area contributed by atoms with Gasteiger partial charge in [0.1, 0.15) is 6.04 Å². The van der Waals surface area contributed by atoms with E-state index in [0.29, 0.717) is 5.92 Å². The minimum absolute atomic E-state index is 0.171. The van der Waals surface area contributed by atoms with E-state index in [9.17, 15) is 4.79 Å². The lowest BCUT2D eigenvalue weighted by Crippen LogP contribution is -2.44. The molecule has 1 aliphatic rings. The van der Waals surface area contributed by atoms with Gasteiger partial charge in [-0.15, -0.1) is 0 Å². The predicted octanol–water partition coefficient (Wildman–Crippen LogP) is -0.0900.